The van der Waals surface area contributed by atoms with Gasteiger partial charge in [-0.05, 0) is 12.1 Å². The van der Waals surface area contributed by atoms with Crippen LogP contribution in [0.4, 0.5) is 0 Å². The van der Waals surface area contributed by atoms with Gasteiger partial charge >= 0.3 is 0 Å². The van der Waals surface area contributed by atoms with Crippen molar-refractivity contribution in [3.8, 4) is 5.75 Å². The van der Waals surface area contributed by atoms with E-state index in [1.54, 1.807) is 6.07 Å². The number of aliphatic imine (C=N–C) groups is 1. The summed E-state index contributed by atoms with van der Waals surface area (Å²) >= 11 is 0. The van der Waals surface area contributed by atoms with Crippen molar-refractivity contribution in [2.24, 2.45) is 4.99 Å². The van der Waals surface area contributed by atoms with E-state index in [1.165, 1.54) is 0 Å². The van der Waals surface area contributed by atoms with Crippen LogP contribution in [0.1, 0.15) is 5.56 Å². The van der Waals surface area contributed by atoms with Crippen LogP contribution in [0.3, 0.4) is 0 Å². The number of benzene rings is 1. The lowest BCUT2D eigenvalue weighted by atomic mass is 10.2. The van der Waals surface area contributed by atoms with Crippen molar-refractivity contribution >= 4 is 5.84 Å². The molecule has 1 aliphatic heterocycles. The molecule has 1 aromatic carbocycles. The number of phenols is 1. The first-order chi connectivity index (χ1) is 5.88. The van der Waals surface area contributed by atoms with Gasteiger partial charge in [0, 0.05) is 0 Å². The number of nitrogens with zero attached hydrogens (tertiary/aromatic N) is 1. The molecule has 3 nitrogen and oxygen atoms in total. The van der Waals surface area contributed by atoms with Gasteiger partial charge in [0.25, 0.3) is 0 Å². The molecule has 1 aliphatic rings. The Bertz CT molecular complexity index is 320. The molecule has 1 aromatic rings. The molecule has 12 heavy (non-hydrogen) atoms. The van der Waals surface area contributed by atoms with E-state index in [0.717, 1.165) is 24.5 Å². The summed E-state index contributed by atoms with van der Waals surface area (Å²) in [4.78, 5) is 4.27. The standard InChI is InChI=1S/C9H10N2O/c12-8-4-2-1-3-7(8)9-10-5-6-11-9/h1-4,12H,5-6H2,(H,10,11)/p+1. The highest BCUT2D eigenvalue weighted by atomic mass is 16.3. The molecule has 0 saturated carbocycles. The summed E-state index contributed by atoms with van der Waals surface area (Å²) in [7, 11) is 0. The van der Waals surface area contributed by atoms with E-state index < -0.39 is 0 Å². The first-order valence-corrected chi connectivity index (χ1v) is 4.04. The molecule has 3 heteroatoms. The molecule has 0 amide bonds. The van der Waals surface area contributed by atoms with Crippen molar-refractivity contribution in [1.82, 2.24) is 0 Å². The topological polar surface area (TPSA) is 49.2 Å². The lowest BCUT2D eigenvalue weighted by Gasteiger charge is -1.99. The Hall–Kier alpha value is -1.35. The van der Waals surface area contributed by atoms with E-state index in [-0.39, 0.29) is 0 Å². The van der Waals surface area contributed by atoms with Gasteiger partial charge in [-0.15, -0.1) is 0 Å². The Kier molecular flexibility index (Phi) is 1.80. The van der Waals surface area contributed by atoms with Gasteiger partial charge in [-0.25, -0.2) is 4.99 Å². The maximum absolute atomic E-state index is 9.47. The predicted molar refractivity (Wildman–Crippen MR) is 46.3 cm³/mol. The summed E-state index contributed by atoms with van der Waals surface area (Å²) in [5, 5.41) is 11.5. The highest BCUT2D eigenvalue weighted by molar-refractivity contribution is 5.94. The van der Waals surface area contributed by atoms with E-state index >= 15 is 0 Å². The fraction of sp³-hybridized carbons (Fsp3) is 0.222. The molecule has 0 spiro atoms. The summed E-state index contributed by atoms with van der Waals surface area (Å²) < 4.78 is 0. The highest BCUT2D eigenvalue weighted by Gasteiger charge is 2.15. The Labute approximate surface area is 70.8 Å². The van der Waals surface area contributed by atoms with Crippen LogP contribution in [0.25, 0.3) is 0 Å². The smallest absolute Gasteiger partial charge is 0.231 e. The first-order valence-electron chi connectivity index (χ1n) is 4.04. The number of rotatable bonds is 1. The molecular formula is C9H11N2O+. The van der Waals surface area contributed by atoms with E-state index in [9.17, 15) is 5.11 Å². The first kappa shape index (κ1) is 7.31. The lowest BCUT2D eigenvalue weighted by Crippen LogP contribution is -2.86. The fourth-order valence-electron chi connectivity index (χ4n) is 1.34. The van der Waals surface area contributed by atoms with Crippen molar-refractivity contribution < 1.29 is 10.4 Å². The molecular weight excluding hydrogens is 152 g/mol. The Morgan fingerprint density at radius 3 is 2.83 bits per heavy atom. The van der Waals surface area contributed by atoms with Crippen LogP contribution >= 0.6 is 0 Å². The van der Waals surface area contributed by atoms with Gasteiger partial charge in [-0.2, -0.15) is 0 Å². The van der Waals surface area contributed by atoms with E-state index in [1.807, 2.05) is 18.2 Å². The third-order valence-electron chi connectivity index (χ3n) is 1.93. The van der Waals surface area contributed by atoms with Crippen molar-refractivity contribution in [2.45, 2.75) is 0 Å². The second-order valence-electron chi connectivity index (χ2n) is 2.78. The van der Waals surface area contributed by atoms with Gasteiger partial charge in [0.2, 0.25) is 5.84 Å². The maximum atomic E-state index is 9.47. The average Bonchev–Trinajstić information content (AvgIpc) is 2.57. The van der Waals surface area contributed by atoms with Crippen LogP contribution in [0, 0.1) is 0 Å². The Morgan fingerprint density at radius 1 is 1.33 bits per heavy atom. The number of para-hydroxylation sites is 1. The summed E-state index contributed by atoms with van der Waals surface area (Å²) in [6.07, 6.45) is 0. The van der Waals surface area contributed by atoms with Gasteiger partial charge in [0.1, 0.15) is 12.3 Å². The second kappa shape index (κ2) is 2.95. The number of amidine groups is 1. The maximum Gasteiger partial charge on any atom is 0.231 e. The van der Waals surface area contributed by atoms with Crippen LogP contribution in [0.5, 0.6) is 5.75 Å². The monoisotopic (exact) mass is 163 g/mol. The third-order valence-corrected chi connectivity index (χ3v) is 1.93. The fourth-order valence-corrected chi connectivity index (χ4v) is 1.34. The molecule has 0 radical (unpaired) electrons. The van der Waals surface area contributed by atoms with Crippen LogP contribution in [-0.2, 0) is 0 Å². The molecule has 0 aliphatic carbocycles. The van der Waals surface area contributed by atoms with E-state index in [0.29, 0.717) is 5.75 Å². The molecule has 0 fully saturated rings. The molecule has 2 rings (SSSR count). The summed E-state index contributed by atoms with van der Waals surface area (Å²) in [5.41, 5.74) is 0.843. The molecule has 0 unspecified atom stereocenters. The van der Waals surface area contributed by atoms with Crippen LogP contribution in [-0.4, -0.2) is 24.0 Å². The minimum atomic E-state index is 0.314. The quantitative estimate of drug-likeness (QED) is 0.587. The van der Waals surface area contributed by atoms with Crippen LogP contribution < -0.4 is 5.32 Å². The van der Waals surface area contributed by atoms with Crippen LogP contribution in [0.2, 0.25) is 0 Å². The van der Waals surface area contributed by atoms with Gasteiger partial charge in [0.05, 0.1) is 12.1 Å². The largest absolute Gasteiger partial charge is 0.507 e. The van der Waals surface area contributed by atoms with Crippen LogP contribution in [0.15, 0.2) is 29.3 Å². The SMILES string of the molecule is Oc1ccccc1C1=NCC[NH2+]1. The highest BCUT2D eigenvalue weighted by Crippen LogP contribution is 2.14. The number of aromatic hydroxyl groups is 1. The van der Waals surface area contributed by atoms with E-state index in [4.69, 9.17) is 0 Å². The van der Waals surface area contributed by atoms with Crippen molar-refractivity contribution in [1.29, 1.82) is 0 Å². The predicted octanol–water partition coefficient (Wildman–Crippen LogP) is -0.284. The van der Waals surface area contributed by atoms with Crippen molar-refractivity contribution in [3.05, 3.63) is 29.8 Å². The number of hydrogen-bond donors (Lipinski definition) is 2. The number of nitrogens with two attached hydrogens (primary N) is 1. The molecule has 0 atom stereocenters. The summed E-state index contributed by atoms with van der Waals surface area (Å²) in [5.74, 6) is 1.24. The zero-order chi connectivity index (χ0) is 8.39. The zero-order valence-electron chi connectivity index (χ0n) is 6.70. The zero-order valence-corrected chi connectivity index (χ0v) is 6.70. The van der Waals surface area contributed by atoms with Gasteiger partial charge in [-0.3, -0.25) is 5.32 Å². The minimum Gasteiger partial charge on any atom is -0.507 e. The Balaban J connectivity index is 2.39. The van der Waals surface area contributed by atoms with Crippen molar-refractivity contribution in [3.63, 3.8) is 0 Å². The molecule has 0 aromatic heterocycles. The lowest BCUT2D eigenvalue weighted by molar-refractivity contribution is -0.526. The normalized spacial score (nSPS) is 16.2. The number of quaternary nitrogens is 1. The van der Waals surface area contributed by atoms with Gasteiger partial charge in [-0.1, -0.05) is 12.1 Å². The second-order valence-corrected chi connectivity index (χ2v) is 2.78. The summed E-state index contributed by atoms with van der Waals surface area (Å²) in [6.45, 7) is 1.84. The van der Waals surface area contributed by atoms with E-state index in [2.05, 4.69) is 10.3 Å². The van der Waals surface area contributed by atoms with Gasteiger partial charge in [0.15, 0.2) is 0 Å². The number of hydrogen-bond acceptors (Lipinski definition) is 2. The molecule has 1 heterocycles. The molecule has 0 bridgehead atoms. The van der Waals surface area contributed by atoms with Gasteiger partial charge < -0.3 is 5.11 Å². The van der Waals surface area contributed by atoms with Crippen molar-refractivity contribution in [2.75, 3.05) is 13.1 Å². The summed E-state index contributed by atoms with van der Waals surface area (Å²) in [6, 6.07) is 7.29. The average molecular weight is 163 g/mol. The number of phenolic OH excluding ortho intramolecular Hbond substituents is 1. The Morgan fingerprint density at radius 2 is 2.17 bits per heavy atom. The molecule has 3 N–H and O–H groups in total. The minimum absolute atomic E-state index is 0.314. The molecule has 62 valence electrons. The third kappa shape index (κ3) is 1.19. The molecule has 0 saturated heterocycles.